The highest BCUT2D eigenvalue weighted by Crippen LogP contribution is 2.27. The summed E-state index contributed by atoms with van der Waals surface area (Å²) >= 11 is 0. The molecular formula is C19H24N2O. The van der Waals surface area contributed by atoms with Crippen molar-refractivity contribution in [3.05, 3.63) is 40.1 Å². The summed E-state index contributed by atoms with van der Waals surface area (Å²) in [5, 5.41) is 2.99. The molecule has 0 unspecified atom stereocenters. The van der Waals surface area contributed by atoms with Gasteiger partial charge in [-0.2, -0.15) is 0 Å². The summed E-state index contributed by atoms with van der Waals surface area (Å²) in [5.41, 5.74) is 5.30. The van der Waals surface area contributed by atoms with E-state index in [0.717, 1.165) is 24.2 Å². The van der Waals surface area contributed by atoms with Crippen molar-refractivity contribution in [2.75, 3.05) is 0 Å². The van der Waals surface area contributed by atoms with Gasteiger partial charge < -0.3 is 5.32 Å². The fourth-order valence-corrected chi connectivity index (χ4v) is 3.61. The summed E-state index contributed by atoms with van der Waals surface area (Å²) in [7, 11) is 0. The van der Waals surface area contributed by atoms with Gasteiger partial charge in [-0.3, -0.25) is 4.79 Å². The number of nitrogens with one attached hydrogen (secondary N) is 1. The number of hydrogen-bond donors (Lipinski definition) is 1. The topological polar surface area (TPSA) is 41.5 Å². The lowest BCUT2D eigenvalue weighted by molar-refractivity contribution is -0.115. The molecule has 1 N–H and O–H groups in total. The number of amidine groups is 1. The van der Waals surface area contributed by atoms with Gasteiger partial charge in [0.15, 0.2) is 0 Å². The van der Waals surface area contributed by atoms with Crippen molar-refractivity contribution in [3.63, 3.8) is 0 Å². The van der Waals surface area contributed by atoms with Gasteiger partial charge in [-0.15, -0.1) is 0 Å². The second-order valence-electron chi connectivity index (χ2n) is 6.63. The first-order valence-corrected chi connectivity index (χ1v) is 8.24. The average Bonchev–Trinajstić information content (AvgIpc) is 2.85. The molecule has 1 fully saturated rings. The molecule has 1 saturated carbocycles. The largest absolute Gasteiger partial charge is 0.308 e. The van der Waals surface area contributed by atoms with Crippen LogP contribution in [0.15, 0.2) is 22.8 Å². The predicted octanol–water partition coefficient (Wildman–Crippen LogP) is 4.06. The van der Waals surface area contributed by atoms with Gasteiger partial charge in [0.1, 0.15) is 11.5 Å². The quantitative estimate of drug-likeness (QED) is 0.821. The number of hydrogen-bond acceptors (Lipinski definition) is 2. The fourth-order valence-electron chi connectivity index (χ4n) is 3.61. The van der Waals surface area contributed by atoms with Crippen molar-refractivity contribution in [3.8, 4) is 0 Å². The zero-order valence-corrected chi connectivity index (χ0v) is 13.7. The predicted molar refractivity (Wildman–Crippen MR) is 90.8 cm³/mol. The molecule has 116 valence electrons. The van der Waals surface area contributed by atoms with Crippen molar-refractivity contribution in [2.24, 2.45) is 10.9 Å². The molecule has 22 heavy (non-hydrogen) atoms. The third kappa shape index (κ3) is 2.99. The van der Waals surface area contributed by atoms with Gasteiger partial charge >= 0.3 is 0 Å². The third-order valence-corrected chi connectivity index (χ3v) is 4.73. The second kappa shape index (κ2) is 6.07. The van der Waals surface area contributed by atoms with Crippen LogP contribution in [0.25, 0.3) is 6.08 Å². The molecule has 0 bridgehead atoms. The highest BCUT2D eigenvalue weighted by atomic mass is 16.2. The Bertz CT molecular complexity index is 641. The summed E-state index contributed by atoms with van der Waals surface area (Å²) in [5.74, 6) is 1.27. The number of aliphatic imine (C=N–C) groups is 1. The van der Waals surface area contributed by atoms with E-state index < -0.39 is 0 Å². The van der Waals surface area contributed by atoms with Crippen LogP contribution in [0.1, 0.15) is 54.4 Å². The standard InChI is InChI=1S/C19H24N2O/c1-12-9-13(2)16(14(3)10-12)11-17-19(22)21-18(20-17)15-7-5-4-6-8-15/h9-11,15H,4-8H2,1-3H3,(H,20,21,22)/b17-11-. The molecule has 1 heterocycles. The van der Waals surface area contributed by atoms with E-state index in [1.165, 1.54) is 36.0 Å². The van der Waals surface area contributed by atoms with E-state index in [1.807, 2.05) is 6.08 Å². The average molecular weight is 296 g/mol. The van der Waals surface area contributed by atoms with Gasteiger partial charge in [-0.1, -0.05) is 37.0 Å². The lowest BCUT2D eigenvalue weighted by Gasteiger charge is -2.20. The van der Waals surface area contributed by atoms with Crippen molar-refractivity contribution >= 4 is 17.8 Å². The molecule has 1 aliphatic heterocycles. The number of benzene rings is 1. The maximum Gasteiger partial charge on any atom is 0.275 e. The van der Waals surface area contributed by atoms with Crippen LogP contribution in [0.4, 0.5) is 0 Å². The molecule has 3 rings (SSSR count). The second-order valence-corrected chi connectivity index (χ2v) is 6.63. The summed E-state index contributed by atoms with van der Waals surface area (Å²) < 4.78 is 0. The highest BCUT2D eigenvalue weighted by Gasteiger charge is 2.27. The van der Waals surface area contributed by atoms with E-state index >= 15 is 0 Å². The Balaban J connectivity index is 1.91. The Labute approximate surface area is 132 Å². The number of rotatable bonds is 2. The van der Waals surface area contributed by atoms with Crippen LogP contribution in [0.3, 0.4) is 0 Å². The zero-order valence-electron chi connectivity index (χ0n) is 13.7. The first kappa shape index (κ1) is 15.0. The van der Waals surface area contributed by atoms with Gasteiger partial charge in [0.2, 0.25) is 0 Å². The van der Waals surface area contributed by atoms with Crippen LogP contribution in [-0.4, -0.2) is 11.7 Å². The summed E-state index contributed by atoms with van der Waals surface area (Å²) in [4.78, 5) is 16.8. The number of carbonyl (C=O) groups is 1. The van der Waals surface area contributed by atoms with E-state index in [9.17, 15) is 4.79 Å². The lowest BCUT2D eigenvalue weighted by atomic mass is 9.88. The fraction of sp³-hybridized carbons (Fsp3) is 0.474. The van der Waals surface area contributed by atoms with Gasteiger partial charge in [0, 0.05) is 5.92 Å². The molecule has 1 aromatic rings. The van der Waals surface area contributed by atoms with Crippen molar-refractivity contribution in [1.29, 1.82) is 0 Å². The molecule has 0 radical (unpaired) electrons. The Morgan fingerprint density at radius 2 is 1.73 bits per heavy atom. The van der Waals surface area contributed by atoms with Gasteiger partial charge in [-0.25, -0.2) is 4.99 Å². The number of nitrogens with zero attached hydrogens (tertiary/aromatic N) is 1. The summed E-state index contributed by atoms with van der Waals surface area (Å²) in [6.45, 7) is 6.27. The summed E-state index contributed by atoms with van der Waals surface area (Å²) in [6.07, 6.45) is 8.03. The van der Waals surface area contributed by atoms with Crippen LogP contribution >= 0.6 is 0 Å². The minimum atomic E-state index is -0.0556. The number of carbonyl (C=O) groups excluding carboxylic acids is 1. The smallest absolute Gasteiger partial charge is 0.275 e. The maximum atomic E-state index is 12.2. The van der Waals surface area contributed by atoms with Crippen molar-refractivity contribution in [1.82, 2.24) is 5.32 Å². The van der Waals surface area contributed by atoms with Crippen LogP contribution in [0.2, 0.25) is 0 Å². The molecule has 0 saturated heterocycles. The molecule has 1 aliphatic carbocycles. The molecule has 0 atom stereocenters. The molecule has 3 nitrogen and oxygen atoms in total. The van der Waals surface area contributed by atoms with E-state index in [4.69, 9.17) is 0 Å². The zero-order chi connectivity index (χ0) is 15.7. The Hall–Kier alpha value is -1.90. The van der Waals surface area contributed by atoms with Gasteiger partial charge in [0.05, 0.1) is 0 Å². The molecule has 0 spiro atoms. The van der Waals surface area contributed by atoms with Crippen LogP contribution in [0, 0.1) is 26.7 Å². The van der Waals surface area contributed by atoms with E-state index in [-0.39, 0.29) is 5.91 Å². The van der Waals surface area contributed by atoms with E-state index in [0.29, 0.717) is 11.6 Å². The molecular weight excluding hydrogens is 272 g/mol. The molecule has 0 aromatic heterocycles. The van der Waals surface area contributed by atoms with Gasteiger partial charge in [0.25, 0.3) is 5.91 Å². The minimum absolute atomic E-state index is 0.0556. The van der Waals surface area contributed by atoms with Crippen LogP contribution in [-0.2, 0) is 4.79 Å². The SMILES string of the molecule is Cc1cc(C)c(/C=C2\N=C(C3CCCCC3)NC2=O)c(C)c1. The highest BCUT2D eigenvalue weighted by molar-refractivity contribution is 6.15. The summed E-state index contributed by atoms with van der Waals surface area (Å²) in [6, 6.07) is 4.30. The van der Waals surface area contributed by atoms with Crippen molar-refractivity contribution < 1.29 is 4.79 Å². The molecule has 3 heteroatoms. The molecule has 2 aliphatic rings. The normalized spacial score (nSPS) is 21.1. The Morgan fingerprint density at radius 1 is 1.09 bits per heavy atom. The molecule has 1 aromatic carbocycles. The van der Waals surface area contributed by atoms with Crippen molar-refractivity contribution in [2.45, 2.75) is 52.9 Å². The first-order valence-electron chi connectivity index (χ1n) is 8.24. The van der Waals surface area contributed by atoms with Crippen LogP contribution < -0.4 is 5.32 Å². The van der Waals surface area contributed by atoms with E-state index in [2.05, 4.69) is 43.2 Å². The van der Waals surface area contributed by atoms with E-state index in [1.54, 1.807) is 0 Å². The monoisotopic (exact) mass is 296 g/mol. The lowest BCUT2D eigenvalue weighted by Crippen LogP contribution is -2.31. The molecule has 1 amide bonds. The van der Waals surface area contributed by atoms with Crippen LogP contribution in [0.5, 0.6) is 0 Å². The first-order chi connectivity index (χ1) is 10.5. The Kier molecular flexibility index (Phi) is 4.14. The number of aryl methyl sites for hydroxylation is 3. The third-order valence-electron chi connectivity index (χ3n) is 4.73. The maximum absolute atomic E-state index is 12.2. The number of amides is 1. The van der Waals surface area contributed by atoms with Gasteiger partial charge in [-0.05, 0) is 56.4 Å². The Morgan fingerprint density at radius 3 is 2.36 bits per heavy atom. The minimum Gasteiger partial charge on any atom is -0.308 e.